The first-order valence-electron chi connectivity index (χ1n) is 4.48. The van der Waals surface area contributed by atoms with Crippen LogP contribution in [0.3, 0.4) is 0 Å². The summed E-state index contributed by atoms with van der Waals surface area (Å²) in [6, 6.07) is 3.55. The molecule has 0 aliphatic carbocycles. The van der Waals surface area contributed by atoms with Crippen molar-refractivity contribution in [2.45, 2.75) is 19.0 Å². The summed E-state index contributed by atoms with van der Waals surface area (Å²) in [5.74, 6) is -1.06. The summed E-state index contributed by atoms with van der Waals surface area (Å²) in [6.45, 7) is 0. The SMILES string of the molecule is NC(=O)c1cc(O)ccc1CCC(F)(F)F. The Balaban J connectivity index is 2.91. The van der Waals surface area contributed by atoms with E-state index in [0.717, 1.165) is 6.07 Å². The van der Waals surface area contributed by atoms with Gasteiger partial charge in [0.05, 0.1) is 0 Å². The number of rotatable bonds is 3. The van der Waals surface area contributed by atoms with E-state index in [1.807, 2.05) is 0 Å². The highest BCUT2D eigenvalue weighted by Gasteiger charge is 2.27. The molecule has 1 rings (SSSR count). The lowest BCUT2D eigenvalue weighted by atomic mass is 10.0. The van der Waals surface area contributed by atoms with E-state index in [0.29, 0.717) is 0 Å². The quantitative estimate of drug-likeness (QED) is 0.838. The molecule has 0 heterocycles. The van der Waals surface area contributed by atoms with E-state index < -0.39 is 18.5 Å². The number of aryl methyl sites for hydroxylation is 1. The lowest BCUT2D eigenvalue weighted by Gasteiger charge is -2.09. The number of phenolic OH excluding ortho intramolecular Hbond substituents is 1. The first-order valence-corrected chi connectivity index (χ1v) is 4.48. The molecule has 1 amide bonds. The molecular weight excluding hydrogens is 223 g/mol. The van der Waals surface area contributed by atoms with Crippen LogP contribution in [-0.2, 0) is 6.42 Å². The Morgan fingerprint density at radius 1 is 1.38 bits per heavy atom. The third-order valence-electron chi connectivity index (χ3n) is 2.04. The molecule has 16 heavy (non-hydrogen) atoms. The van der Waals surface area contributed by atoms with E-state index in [2.05, 4.69) is 0 Å². The van der Waals surface area contributed by atoms with Crippen LogP contribution in [-0.4, -0.2) is 17.2 Å². The van der Waals surface area contributed by atoms with Gasteiger partial charge >= 0.3 is 6.18 Å². The van der Waals surface area contributed by atoms with Crippen molar-refractivity contribution in [1.82, 2.24) is 0 Å². The predicted molar refractivity (Wildman–Crippen MR) is 51.0 cm³/mol. The summed E-state index contributed by atoms with van der Waals surface area (Å²) in [7, 11) is 0. The Hall–Kier alpha value is -1.72. The van der Waals surface area contributed by atoms with Gasteiger partial charge in [0, 0.05) is 12.0 Å². The zero-order valence-electron chi connectivity index (χ0n) is 8.21. The minimum absolute atomic E-state index is 0.0794. The second kappa shape index (κ2) is 4.42. The fraction of sp³-hybridized carbons (Fsp3) is 0.300. The molecule has 0 atom stereocenters. The number of carbonyl (C=O) groups is 1. The molecule has 0 aliphatic rings. The van der Waals surface area contributed by atoms with Crippen molar-refractivity contribution in [3.63, 3.8) is 0 Å². The summed E-state index contributed by atoms with van der Waals surface area (Å²) in [5.41, 5.74) is 5.10. The molecular formula is C10H10F3NO2. The minimum atomic E-state index is -4.28. The number of amides is 1. The Morgan fingerprint density at radius 3 is 2.50 bits per heavy atom. The van der Waals surface area contributed by atoms with Gasteiger partial charge in [-0.1, -0.05) is 6.07 Å². The summed E-state index contributed by atoms with van der Waals surface area (Å²) < 4.78 is 36.0. The van der Waals surface area contributed by atoms with E-state index in [9.17, 15) is 18.0 Å². The lowest BCUT2D eigenvalue weighted by Crippen LogP contribution is -2.15. The summed E-state index contributed by atoms with van der Waals surface area (Å²) in [6.07, 6.45) is -5.65. The van der Waals surface area contributed by atoms with Gasteiger partial charge in [-0.2, -0.15) is 13.2 Å². The van der Waals surface area contributed by atoms with Crippen molar-refractivity contribution in [2.24, 2.45) is 5.73 Å². The van der Waals surface area contributed by atoms with Crippen LogP contribution in [0, 0.1) is 0 Å². The summed E-state index contributed by atoms with van der Waals surface area (Å²) in [4.78, 5) is 10.9. The second-order valence-corrected chi connectivity index (χ2v) is 3.32. The van der Waals surface area contributed by atoms with Gasteiger partial charge in [-0.15, -0.1) is 0 Å². The average molecular weight is 233 g/mol. The zero-order chi connectivity index (χ0) is 12.3. The molecule has 0 saturated carbocycles. The Bertz CT molecular complexity index is 402. The minimum Gasteiger partial charge on any atom is -0.508 e. The van der Waals surface area contributed by atoms with Crippen LogP contribution in [0.4, 0.5) is 13.2 Å². The first kappa shape index (κ1) is 12.4. The zero-order valence-corrected chi connectivity index (χ0v) is 8.21. The lowest BCUT2D eigenvalue weighted by molar-refractivity contribution is -0.134. The smallest absolute Gasteiger partial charge is 0.389 e. The molecule has 0 aromatic heterocycles. The highest BCUT2D eigenvalue weighted by Crippen LogP contribution is 2.24. The first-order chi connectivity index (χ1) is 7.29. The largest absolute Gasteiger partial charge is 0.508 e. The highest BCUT2D eigenvalue weighted by molar-refractivity contribution is 5.94. The van der Waals surface area contributed by atoms with Crippen LogP contribution in [0.25, 0.3) is 0 Å². The molecule has 0 saturated heterocycles. The van der Waals surface area contributed by atoms with E-state index in [-0.39, 0.29) is 23.3 Å². The Labute approximate surface area is 89.7 Å². The Kier molecular flexibility index (Phi) is 3.41. The van der Waals surface area contributed by atoms with Gasteiger partial charge in [0.25, 0.3) is 0 Å². The maximum atomic E-state index is 12.0. The van der Waals surface area contributed by atoms with E-state index in [1.54, 1.807) is 0 Å². The van der Waals surface area contributed by atoms with Gasteiger partial charge in [0.15, 0.2) is 0 Å². The van der Waals surface area contributed by atoms with E-state index in [4.69, 9.17) is 10.8 Å². The molecule has 0 fully saturated rings. The molecule has 3 N–H and O–H groups in total. The van der Waals surface area contributed by atoms with E-state index in [1.165, 1.54) is 12.1 Å². The highest BCUT2D eigenvalue weighted by atomic mass is 19.4. The summed E-state index contributed by atoms with van der Waals surface area (Å²) >= 11 is 0. The van der Waals surface area contributed by atoms with Gasteiger partial charge in [-0.05, 0) is 24.1 Å². The number of nitrogens with two attached hydrogens (primary N) is 1. The monoisotopic (exact) mass is 233 g/mol. The number of halogens is 3. The molecule has 1 aromatic rings. The number of hydrogen-bond donors (Lipinski definition) is 2. The normalized spacial score (nSPS) is 11.4. The van der Waals surface area contributed by atoms with Gasteiger partial charge in [-0.25, -0.2) is 0 Å². The third kappa shape index (κ3) is 3.45. The maximum absolute atomic E-state index is 12.0. The van der Waals surface area contributed by atoms with Gasteiger partial charge in [0.1, 0.15) is 5.75 Å². The fourth-order valence-corrected chi connectivity index (χ4v) is 1.29. The molecule has 0 spiro atoms. The molecule has 88 valence electrons. The fourth-order valence-electron chi connectivity index (χ4n) is 1.29. The van der Waals surface area contributed by atoms with Crippen LogP contribution < -0.4 is 5.73 Å². The number of carbonyl (C=O) groups excluding carboxylic acids is 1. The molecule has 0 unspecified atom stereocenters. The molecule has 3 nitrogen and oxygen atoms in total. The van der Waals surface area contributed by atoms with Crippen LogP contribution in [0.15, 0.2) is 18.2 Å². The number of alkyl halides is 3. The Morgan fingerprint density at radius 2 is 2.00 bits per heavy atom. The van der Waals surface area contributed by atoms with Gasteiger partial charge in [-0.3, -0.25) is 4.79 Å². The number of primary amides is 1. The third-order valence-corrected chi connectivity index (χ3v) is 2.04. The van der Waals surface area contributed by atoms with Crippen molar-refractivity contribution >= 4 is 5.91 Å². The maximum Gasteiger partial charge on any atom is 0.389 e. The number of phenols is 1. The van der Waals surface area contributed by atoms with Crippen molar-refractivity contribution < 1.29 is 23.1 Å². The molecule has 6 heteroatoms. The van der Waals surface area contributed by atoms with E-state index >= 15 is 0 Å². The van der Waals surface area contributed by atoms with Crippen molar-refractivity contribution in [3.05, 3.63) is 29.3 Å². The molecule has 0 radical (unpaired) electrons. The number of hydrogen-bond acceptors (Lipinski definition) is 2. The van der Waals surface area contributed by atoms with Crippen LogP contribution in [0.2, 0.25) is 0 Å². The molecule has 0 bridgehead atoms. The van der Waals surface area contributed by atoms with Crippen molar-refractivity contribution in [3.8, 4) is 5.75 Å². The number of aromatic hydroxyl groups is 1. The standard InChI is InChI=1S/C10H10F3NO2/c11-10(12,13)4-3-6-1-2-7(15)5-8(6)9(14)16/h1-2,5,15H,3-4H2,(H2,14,16). The average Bonchev–Trinajstić information content (AvgIpc) is 2.14. The van der Waals surface area contributed by atoms with Crippen LogP contribution >= 0.6 is 0 Å². The number of benzene rings is 1. The predicted octanol–water partition coefficient (Wildman–Crippen LogP) is 1.99. The second-order valence-electron chi connectivity index (χ2n) is 3.32. The summed E-state index contributed by atoms with van der Waals surface area (Å²) in [5, 5.41) is 9.08. The van der Waals surface area contributed by atoms with Gasteiger partial charge < -0.3 is 10.8 Å². The molecule has 1 aromatic carbocycles. The van der Waals surface area contributed by atoms with Crippen molar-refractivity contribution in [2.75, 3.05) is 0 Å². The van der Waals surface area contributed by atoms with Gasteiger partial charge in [0.2, 0.25) is 5.91 Å². The van der Waals surface area contributed by atoms with Crippen LogP contribution in [0.1, 0.15) is 22.3 Å². The molecule has 0 aliphatic heterocycles. The van der Waals surface area contributed by atoms with Crippen LogP contribution in [0.5, 0.6) is 5.75 Å². The van der Waals surface area contributed by atoms with Crippen molar-refractivity contribution in [1.29, 1.82) is 0 Å². The topological polar surface area (TPSA) is 63.3 Å².